The highest BCUT2D eigenvalue weighted by Crippen LogP contribution is 2.32. The summed E-state index contributed by atoms with van der Waals surface area (Å²) in [6, 6.07) is 18.3. The second kappa shape index (κ2) is 13.0. The van der Waals surface area contributed by atoms with Crippen molar-refractivity contribution >= 4 is 40.2 Å². The molecule has 0 spiro atoms. The highest BCUT2D eigenvalue weighted by molar-refractivity contribution is 8.00. The van der Waals surface area contributed by atoms with Gasteiger partial charge in [-0.3, -0.25) is 9.59 Å². The number of hydrogen-bond acceptors (Lipinski definition) is 7. The zero-order valence-corrected chi connectivity index (χ0v) is 23.1. The van der Waals surface area contributed by atoms with E-state index >= 15 is 0 Å². The molecule has 204 valence electrons. The summed E-state index contributed by atoms with van der Waals surface area (Å²) in [7, 11) is 6.21. The quantitative estimate of drug-likeness (QED) is 0.244. The maximum atomic E-state index is 12.8. The zero-order valence-electron chi connectivity index (χ0n) is 22.3. The normalized spacial score (nSPS) is 10.7. The van der Waals surface area contributed by atoms with Crippen molar-refractivity contribution in [3.05, 3.63) is 72.4 Å². The van der Waals surface area contributed by atoms with Crippen LogP contribution in [0.25, 0.3) is 10.9 Å². The van der Waals surface area contributed by atoms with Crippen LogP contribution >= 0.6 is 11.8 Å². The molecule has 39 heavy (non-hydrogen) atoms. The van der Waals surface area contributed by atoms with E-state index in [1.807, 2.05) is 30.5 Å². The van der Waals surface area contributed by atoms with Crippen LogP contribution in [0.2, 0.25) is 0 Å². The third-order valence-electron chi connectivity index (χ3n) is 6.08. The number of carbonyl (C=O) groups excluding carboxylic acids is 2. The number of ether oxygens (including phenoxy) is 4. The van der Waals surface area contributed by atoms with Crippen LogP contribution in [0.3, 0.4) is 0 Å². The molecule has 0 radical (unpaired) electrons. The Morgan fingerprint density at radius 2 is 1.59 bits per heavy atom. The number of amides is 2. The Hall–Kier alpha value is -4.31. The Morgan fingerprint density at radius 1 is 0.846 bits per heavy atom. The van der Waals surface area contributed by atoms with E-state index in [4.69, 9.17) is 18.9 Å². The van der Waals surface area contributed by atoms with Gasteiger partial charge in [0.1, 0.15) is 11.5 Å². The van der Waals surface area contributed by atoms with Crippen molar-refractivity contribution in [2.75, 3.05) is 46.1 Å². The van der Waals surface area contributed by atoms with Gasteiger partial charge in [0, 0.05) is 46.7 Å². The molecule has 9 nitrogen and oxygen atoms in total. The van der Waals surface area contributed by atoms with E-state index < -0.39 is 0 Å². The highest BCUT2D eigenvalue weighted by Gasteiger charge is 2.14. The topological polar surface area (TPSA) is 100 Å². The van der Waals surface area contributed by atoms with Gasteiger partial charge in [-0.15, -0.1) is 11.8 Å². The summed E-state index contributed by atoms with van der Waals surface area (Å²) >= 11 is 1.45. The molecule has 0 saturated heterocycles. The van der Waals surface area contributed by atoms with Crippen LogP contribution in [0.5, 0.6) is 23.0 Å². The summed E-state index contributed by atoms with van der Waals surface area (Å²) in [5.41, 5.74) is 2.06. The summed E-state index contributed by atoms with van der Waals surface area (Å²) in [6.45, 7) is 0.986. The average molecular weight is 550 g/mol. The van der Waals surface area contributed by atoms with Gasteiger partial charge in [-0.2, -0.15) is 0 Å². The third-order valence-corrected chi connectivity index (χ3v) is 7.12. The summed E-state index contributed by atoms with van der Waals surface area (Å²) in [6.07, 6.45) is 2.01. The number of nitrogens with zero attached hydrogens (tertiary/aromatic N) is 1. The van der Waals surface area contributed by atoms with E-state index in [0.29, 0.717) is 47.3 Å². The van der Waals surface area contributed by atoms with Crippen molar-refractivity contribution in [2.24, 2.45) is 0 Å². The smallest absolute Gasteiger partial charge is 0.251 e. The molecule has 0 aliphatic heterocycles. The molecule has 0 aliphatic rings. The van der Waals surface area contributed by atoms with Gasteiger partial charge < -0.3 is 34.1 Å². The molecule has 2 amide bonds. The number of rotatable bonds is 12. The number of hydrogen-bond donors (Lipinski definition) is 2. The van der Waals surface area contributed by atoms with Crippen LogP contribution in [0.1, 0.15) is 10.4 Å². The van der Waals surface area contributed by atoms with E-state index in [9.17, 15) is 9.59 Å². The van der Waals surface area contributed by atoms with Crippen molar-refractivity contribution in [1.82, 2.24) is 9.88 Å². The van der Waals surface area contributed by atoms with Crippen molar-refractivity contribution < 1.29 is 28.5 Å². The maximum Gasteiger partial charge on any atom is 0.251 e. The number of carbonyl (C=O) groups is 2. The van der Waals surface area contributed by atoms with Gasteiger partial charge in [0.05, 0.1) is 39.9 Å². The van der Waals surface area contributed by atoms with E-state index in [2.05, 4.69) is 15.2 Å². The van der Waals surface area contributed by atoms with Gasteiger partial charge in [-0.1, -0.05) is 18.2 Å². The molecular formula is C29H31N3O6S. The van der Waals surface area contributed by atoms with Crippen LogP contribution in [0.15, 0.2) is 71.8 Å². The molecule has 0 atom stereocenters. The van der Waals surface area contributed by atoms with E-state index in [-0.39, 0.29) is 17.6 Å². The first-order valence-corrected chi connectivity index (χ1v) is 13.2. The van der Waals surface area contributed by atoms with Crippen molar-refractivity contribution in [1.29, 1.82) is 0 Å². The number of para-hydroxylation sites is 1. The Kier molecular flexibility index (Phi) is 9.22. The number of nitrogens with one attached hydrogen (secondary N) is 2. The Bertz CT molecular complexity index is 1470. The van der Waals surface area contributed by atoms with Crippen LogP contribution in [-0.2, 0) is 11.3 Å². The molecule has 4 aromatic rings. The summed E-state index contributed by atoms with van der Waals surface area (Å²) in [5, 5.41) is 6.90. The molecule has 0 aliphatic carbocycles. The minimum Gasteiger partial charge on any atom is -0.497 e. The van der Waals surface area contributed by atoms with E-state index in [1.54, 1.807) is 57.7 Å². The SMILES string of the molecule is COc1ccc(OC)c(NC(=O)CSc2cn(CCNC(=O)c3ccc(OC)c(OC)c3)c3ccccc23)c1. The number of thioether (sulfide) groups is 1. The number of anilines is 1. The predicted molar refractivity (Wildman–Crippen MR) is 153 cm³/mol. The molecule has 1 aromatic heterocycles. The second-order valence-corrected chi connectivity index (χ2v) is 9.45. The molecule has 4 rings (SSSR count). The lowest BCUT2D eigenvalue weighted by molar-refractivity contribution is -0.113. The summed E-state index contributed by atoms with van der Waals surface area (Å²) < 4.78 is 23.2. The van der Waals surface area contributed by atoms with Crippen molar-refractivity contribution in [3.63, 3.8) is 0 Å². The van der Waals surface area contributed by atoms with Gasteiger partial charge in [0.2, 0.25) is 5.91 Å². The lowest BCUT2D eigenvalue weighted by atomic mass is 10.2. The molecule has 0 unspecified atom stereocenters. The van der Waals surface area contributed by atoms with Gasteiger partial charge in [0.25, 0.3) is 5.91 Å². The fraction of sp³-hybridized carbons (Fsp3) is 0.241. The monoisotopic (exact) mass is 549 g/mol. The highest BCUT2D eigenvalue weighted by atomic mass is 32.2. The first kappa shape index (κ1) is 27.7. The van der Waals surface area contributed by atoms with Crippen molar-refractivity contribution in [3.8, 4) is 23.0 Å². The number of benzene rings is 3. The van der Waals surface area contributed by atoms with E-state index in [1.165, 1.54) is 18.9 Å². The number of fused-ring (bicyclic) bond motifs is 1. The third kappa shape index (κ3) is 6.58. The minimum atomic E-state index is -0.202. The largest absolute Gasteiger partial charge is 0.497 e. The number of methoxy groups -OCH3 is 4. The maximum absolute atomic E-state index is 12.8. The van der Waals surface area contributed by atoms with Crippen LogP contribution in [0.4, 0.5) is 5.69 Å². The minimum absolute atomic E-state index is 0.162. The Balaban J connectivity index is 1.39. The lowest BCUT2D eigenvalue weighted by Crippen LogP contribution is -2.27. The standard InChI is InChI=1S/C29H31N3O6S/c1-35-20-10-12-24(36-2)22(16-20)31-28(33)18-39-27-17-32(23-8-6-5-7-21(23)27)14-13-30-29(34)19-9-11-25(37-3)26(15-19)38-4/h5-12,15-17H,13-14,18H2,1-4H3,(H,30,34)(H,31,33). The van der Waals surface area contributed by atoms with Crippen LogP contribution in [-0.4, -0.2) is 57.1 Å². The average Bonchev–Trinajstić information content (AvgIpc) is 3.33. The van der Waals surface area contributed by atoms with Crippen LogP contribution < -0.4 is 29.6 Å². The summed E-state index contributed by atoms with van der Waals surface area (Å²) in [4.78, 5) is 26.4. The van der Waals surface area contributed by atoms with Gasteiger partial charge in [-0.25, -0.2) is 0 Å². The van der Waals surface area contributed by atoms with Gasteiger partial charge >= 0.3 is 0 Å². The van der Waals surface area contributed by atoms with Crippen molar-refractivity contribution in [2.45, 2.75) is 11.4 Å². The molecule has 0 saturated carbocycles. The fourth-order valence-corrected chi connectivity index (χ4v) is 5.01. The van der Waals surface area contributed by atoms with Gasteiger partial charge in [-0.05, 0) is 36.4 Å². The lowest BCUT2D eigenvalue weighted by Gasteiger charge is -2.11. The molecule has 10 heteroatoms. The molecule has 0 bridgehead atoms. The Labute approximate surface area is 231 Å². The van der Waals surface area contributed by atoms with Crippen LogP contribution in [0, 0.1) is 0 Å². The predicted octanol–water partition coefficient (Wildman–Crippen LogP) is 4.84. The zero-order chi connectivity index (χ0) is 27.8. The fourth-order valence-electron chi connectivity index (χ4n) is 4.12. The molecule has 2 N–H and O–H groups in total. The molecule has 1 heterocycles. The van der Waals surface area contributed by atoms with E-state index in [0.717, 1.165) is 15.8 Å². The second-order valence-electron chi connectivity index (χ2n) is 8.43. The summed E-state index contributed by atoms with van der Waals surface area (Å²) in [5.74, 6) is 2.09. The first-order valence-electron chi connectivity index (χ1n) is 12.2. The molecule has 0 fully saturated rings. The van der Waals surface area contributed by atoms with Gasteiger partial charge in [0.15, 0.2) is 11.5 Å². The molecule has 3 aromatic carbocycles. The first-order chi connectivity index (χ1) is 19.0. The molecular weight excluding hydrogens is 518 g/mol. The Morgan fingerprint density at radius 3 is 2.33 bits per heavy atom. The number of aromatic nitrogens is 1.